The normalized spacial score (nSPS) is 18.7. The molecule has 29 heavy (non-hydrogen) atoms. The first-order chi connectivity index (χ1) is 14.0. The van der Waals surface area contributed by atoms with Crippen LogP contribution >= 0.6 is 0 Å². The van der Waals surface area contributed by atoms with Gasteiger partial charge in [0, 0.05) is 36.6 Å². The van der Waals surface area contributed by atoms with Gasteiger partial charge in [0.2, 0.25) is 0 Å². The minimum absolute atomic E-state index is 0.0953. The van der Waals surface area contributed by atoms with Crippen LogP contribution in [-0.4, -0.2) is 44.6 Å². The predicted molar refractivity (Wildman–Crippen MR) is 107 cm³/mol. The zero-order chi connectivity index (χ0) is 20.6. The van der Waals surface area contributed by atoms with E-state index in [1.807, 2.05) is 0 Å². The van der Waals surface area contributed by atoms with Crippen molar-refractivity contribution < 1.29 is 23.6 Å². The summed E-state index contributed by atoms with van der Waals surface area (Å²) in [5.41, 5.74) is 1.06. The van der Waals surface area contributed by atoms with Gasteiger partial charge >= 0.3 is 0 Å². The van der Waals surface area contributed by atoms with Gasteiger partial charge in [-0.1, -0.05) is 24.3 Å². The maximum Gasteiger partial charge on any atom is 0.275 e. The fraction of sp³-hybridized carbons (Fsp3) is 0.364. The maximum atomic E-state index is 13.6. The van der Waals surface area contributed by atoms with Crippen molar-refractivity contribution in [2.24, 2.45) is 0 Å². The number of quaternary nitrogens is 1. The van der Waals surface area contributed by atoms with E-state index in [0.717, 1.165) is 25.9 Å². The molecule has 0 aromatic heterocycles. The molecule has 1 fully saturated rings. The lowest BCUT2D eigenvalue weighted by atomic mass is 10.0. The summed E-state index contributed by atoms with van der Waals surface area (Å²) >= 11 is 0. The average molecular weight is 400 g/mol. The summed E-state index contributed by atoms with van der Waals surface area (Å²) in [7, 11) is 1.57. The van der Waals surface area contributed by atoms with Crippen LogP contribution in [-0.2, 0) is 11.3 Å². The number of methoxy groups -OCH3 is 1. The van der Waals surface area contributed by atoms with Crippen molar-refractivity contribution >= 4 is 11.8 Å². The quantitative estimate of drug-likeness (QED) is 0.648. The Morgan fingerprint density at radius 2 is 1.90 bits per heavy atom. The monoisotopic (exact) mass is 400 g/mol. The Labute approximate surface area is 170 Å². The molecule has 2 amide bonds. The summed E-state index contributed by atoms with van der Waals surface area (Å²) in [5, 5.41) is 5.84. The third kappa shape index (κ3) is 6.02. The van der Waals surface area contributed by atoms with Crippen molar-refractivity contribution in [1.29, 1.82) is 0 Å². The van der Waals surface area contributed by atoms with Crippen LogP contribution in [0.3, 0.4) is 0 Å². The number of halogens is 1. The van der Waals surface area contributed by atoms with Crippen molar-refractivity contribution in [1.82, 2.24) is 10.6 Å². The molecule has 1 aliphatic heterocycles. The number of hydrogen-bond acceptors (Lipinski definition) is 3. The second-order valence-electron chi connectivity index (χ2n) is 7.27. The SMILES string of the molecule is COc1cccc(C(=O)NC2CC[NH+](CC(=O)NCc3ccccc3F)CC2)c1. The summed E-state index contributed by atoms with van der Waals surface area (Å²) in [6.07, 6.45) is 1.62. The summed E-state index contributed by atoms with van der Waals surface area (Å²) in [6.45, 7) is 2.15. The lowest BCUT2D eigenvalue weighted by Crippen LogP contribution is -3.14. The molecule has 1 heterocycles. The average Bonchev–Trinajstić information content (AvgIpc) is 2.74. The molecule has 0 unspecified atom stereocenters. The van der Waals surface area contributed by atoms with Crippen LogP contribution in [0.25, 0.3) is 0 Å². The summed E-state index contributed by atoms with van der Waals surface area (Å²) in [4.78, 5) is 25.8. The van der Waals surface area contributed by atoms with Crippen molar-refractivity contribution in [3.63, 3.8) is 0 Å². The molecule has 154 valence electrons. The van der Waals surface area contributed by atoms with Gasteiger partial charge in [0.25, 0.3) is 11.8 Å². The van der Waals surface area contributed by atoms with Crippen LogP contribution in [0.15, 0.2) is 48.5 Å². The summed E-state index contributed by atoms with van der Waals surface area (Å²) in [6, 6.07) is 13.6. The van der Waals surface area contributed by atoms with E-state index < -0.39 is 0 Å². The van der Waals surface area contributed by atoms with Crippen LogP contribution in [0.1, 0.15) is 28.8 Å². The molecule has 6 nitrogen and oxygen atoms in total. The van der Waals surface area contributed by atoms with E-state index in [0.29, 0.717) is 23.4 Å². The number of nitrogens with one attached hydrogen (secondary N) is 3. The molecule has 0 atom stereocenters. The number of carbonyl (C=O) groups excluding carboxylic acids is 2. The molecule has 2 aromatic rings. The first-order valence-electron chi connectivity index (χ1n) is 9.83. The molecular formula is C22H27FN3O3+. The van der Waals surface area contributed by atoms with Gasteiger partial charge in [-0.15, -0.1) is 0 Å². The Hall–Kier alpha value is -2.93. The zero-order valence-corrected chi connectivity index (χ0v) is 16.5. The number of amides is 2. The van der Waals surface area contributed by atoms with Gasteiger partial charge in [0.15, 0.2) is 6.54 Å². The smallest absolute Gasteiger partial charge is 0.275 e. The van der Waals surface area contributed by atoms with Crippen LogP contribution in [0, 0.1) is 5.82 Å². The van der Waals surface area contributed by atoms with E-state index in [1.54, 1.807) is 49.6 Å². The minimum atomic E-state index is -0.312. The first kappa shape index (κ1) is 20.8. The highest BCUT2D eigenvalue weighted by Gasteiger charge is 2.25. The molecule has 7 heteroatoms. The standard InChI is InChI=1S/C22H26FN3O3/c1-29-19-7-4-6-16(13-19)22(28)25-18-9-11-26(12-10-18)15-21(27)24-14-17-5-2-3-8-20(17)23/h2-8,13,18H,9-12,14-15H2,1H3,(H,24,27)(H,25,28)/p+1. The fourth-order valence-corrected chi connectivity index (χ4v) is 3.51. The Bertz CT molecular complexity index is 851. The van der Waals surface area contributed by atoms with E-state index in [1.165, 1.54) is 11.0 Å². The molecule has 0 aliphatic carbocycles. The van der Waals surface area contributed by atoms with E-state index in [-0.39, 0.29) is 30.2 Å². The van der Waals surface area contributed by atoms with Gasteiger partial charge in [-0.25, -0.2) is 4.39 Å². The Balaban J connectivity index is 1.40. The molecule has 3 rings (SSSR count). The molecule has 0 saturated carbocycles. The second-order valence-corrected chi connectivity index (χ2v) is 7.27. The van der Waals surface area contributed by atoms with E-state index in [9.17, 15) is 14.0 Å². The van der Waals surface area contributed by atoms with Crippen molar-refractivity contribution in [3.05, 3.63) is 65.5 Å². The number of benzene rings is 2. The minimum Gasteiger partial charge on any atom is -0.497 e. The van der Waals surface area contributed by atoms with Crippen LogP contribution in [0.5, 0.6) is 5.75 Å². The second kappa shape index (κ2) is 10.0. The van der Waals surface area contributed by atoms with Gasteiger partial charge in [0.05, 0.1) is 20.2 Å². The molecule has 0 bridgehead atoms. The highest BCUT2D eigenvalue weighted by atomic mass is 19.1. The summed E-state index contributed by atoms with van der Waals surface area (Å²) < 4.78 is 18.8. The predicted octanol–water partition coefficient (Wildman–Crippen LogP) is 0.928. The van der Waals surface area contributed by atoms with Crippen LogP contribution < -0.4 is 20.3 Å². The highest BCUT2D eigenvalue weighted by molar-refractivity contribution is 5.94. The fourth-order valence-electron chi connectivity index (χ4n) is 3.51. The number of likely N-dealkylation sites (tertiary alicyclic amines) is 1. The largest absolute Gasteiger partial charge is 0.497 e. The van der Waals surface area contributed by atoms with Crippen molar-refractivity contribution in [2.45, 2.75) is 25.4 Å². The van der Waals surface area contributed by atoms with Gasteiger partial charge in [-0.3, -0.25) is 9.59 Å². The highest BCUT2D eigenvalue weighted by Crippen LogP contribution is 2.13. The van der Waals surface area contributed by atoms with Crippen molar-refractivity contribution in [2.75, 3.05) is 26.7 Å². The Morgan fingerprint density at radius 1 is 1.14 bits per heavy atom. The molecule has 0 radical (unpaired) electrons. The van der Waals surface area contributed by atoms with Crippen LogP contribution in [0.4, 0.5) is 4.39 Å². The molecule has 2 aromatic carbocycles. The van der Waals surface area contributed by atoms with Gasteiger partial charge in [-0.05, 0) is 24.3 Å². The maximum absolute atomic E-state index is 13.6. The third-order valence-corrected chi connectivity index (χ3v) is 5.20. The third-order valence-electron chi connectivity index (χ3n) is 5.20. The van der Waals surface area contributed by atoms with Gasteiger partial charge in [-0.2, -0.15) is 0 Å². The lowest BCUT2D eigenvalue weighted by Gasteiger charge is -2.29. The number of hydrogen-bond donors (Lipinski definition) is 3. The van der Waals surface area contributed by atoms with E-state index in [4.69, 9.17) is 4.74 Å². The first-order valence-corrected chi connectivity index (χ1v) is 9.83. The Kier molecular flexibility index (Phi) is 7.19. The number of ether oxygens (including phenoxy) is 1. The van der Waals surface area contributed by atoms with Crippen molar-refractivity contribution in [3.8, 4) is 5.75 Å². The Morgan fingerprint density at radius 3 is 2.62 bits per heavy atom. The van der Waals surface area contributed by atoms with E-state index >= 15 is 0 Å². The number of rotatable bonds is 7. The molecule has 1 saturated heterocycles. The van der Waals surface area contributed by atoms with Gasteiger partial charge < -0.3 is 20.3 Å². The molecule has 1 aliphatic rings. The lowest BCUT2D eigenvalue weighted by molar-refractivity contribution is -0.897. The molecular weight excluding hydrogens is 373 g/mol. The molecule has 0 spiro atoms. The van der Waals surface area contributed by atoms with Gasteiger partial charge in [0.1, 0.15) is 11.6 Å². The topological polar surface area (TPSA) is 71.9 Å². The molecule has 3 N–H and O–H groups in total. The number of carbonyl (C=O) groups is 2. The number of piperidine rings is 1. The zero-order valence-electron chi connectivity index (χ0n) is 16.5. The van der Waals surface area contributed by atoms with E-state index in [2.05, 4.69) is 10.6 Å². The van der Waals surface area contributed by atoms with Crippen LogP contribution in [0.2, 0.25) is 0 Å². The summed E-state index contributed by atoms with van der Waals surface area (Å²) in [5.74, 6) is 0.133.